The number of benzene rings is 1. The van der Waals surface area contributed by atoms with Gasteiger partial charge in [0.25, 0.3) is 0 Å². The van der Waals surface area contributed by atoms with Gasteiger partial charge in [-0.1, -0.05) is 29.8 Å². The molecule has 0 saturated carbocycles. The van der Waals surface area contributed by atoms with Crippen molar-refractivity contribution in [2.24, 2.45) is 0 Å². The van der Waals surface area contributed by atoms with Crippen LogP contribution in [0.25, 0.3) is 11.3 Å². The van der Waals surface area contributed by atoms with Gasteiger partial charge in [-0.05, 0) is 30.2 Å². The summed E-state index contributed by atoms with van der Waals surface area (Å²) in [6, 6.07) is 11.3. The Bertz CT molecular complexity index is 1120. The van der Waals surface area contributed by atoms with E-state index in [0.29, 0.717) is 44.2 Å². The van der Waals surface area contributed by atoms with Crippen molar-refractivity contribution in [2.45, 2.75) is 38.1 Å². The first kappa shape index (κ1) is 21.9. The van der Waals surface area contributed by atoms with Crippen LogP contribution < -0.4 is 5.32 Å². The molecule has 1 fully saturated rings. The first-order valence-electron chi connectivity index (χ1n) is 11.2. The topological polar surface area (TPSA) is 97.4 Å². The number of β-amino-alcohol motifs (C(OH)–C–C–N with tert-alkyl or cyclic N) is 1. The highest BCUT2D eigenvalue weighted by Crippen LogP contribution is 2.28. The predicted molar refractivity (Wildman–Crippen MR) is 126 cm³/mol. The van der Waals surface area contributed by atoms with Gasteiger partial charge in [0.15, 0.2) is 0 Å². The number of pyridine rings is 1. The number of carbonyl (C=O) groups is 1. The molecule has 0 aliphatic carbocycles. The van der Waals surface area contributed by atoms with Crippen LogP contribution in [0, 0.1) is 0 Å². The molecule has 3 N–H and O–H groups in total. The largest absolute Gasteiger partial charge is 0.392 e. The van der Waals surface area contributed by atoms with Crippen molar-refractivity contribution in [3.8, 4) is 11.3 Å². The Morgan fingerprint density at radius 1 is 1.21 bits per heavy atom. The van der Waals surface area contributed by atoms with Crippen LogP contribution >= 0.6 is 11.6 Å². The summed E-state index contributed by atoms with van der Waals surface area (Å²) in [5, 5.41) is 21.9. The number of likely N-dealkylation sites (tertiary alicyclic amines) is 1. The third-order valence-electron chi connectivity index (χ3n) is 6.36. The van der Waals surface area contributed by atoms with Crippen LogP contribution in [0.1, 0.15) is 23.2 Å². The molecule has 2 atom stereocenters. The minimum Gasteiger partial charge on any atom is -0.392 e. The molecule has 33 heavy (non-hydrogen) atoms. The van der Waals surface area contributed by atoms with Gasteiger partial charge in [-0.25, -0.2) is 4.79 Å². The van der Waals surface area contributed by atoms with Crippen LogP contribution in [0.4, 0.5) is 4.79 Å². The van der Waals surface area contributed by atoms with E-state index in [2.05, 4.69) is 25.4 Å². The minimum absolute atomic E-state index is 0.112. The molecular formula is C24H27ClN6O2. The van der Waals surface area contributed by atoms with Crippen molar-refractivity contribution in [1.29, 1.82) is 0 Å². The second-order valence-corrected chi connectivity index (χ2v) is 9.17. The van der Waals surface area contributed by atoms with Gasteiger partial charge < -0.3 is 15.3 Å². The molecule has 172 valence electrons. The molecular weight excluding hydrogens is 440 g/mol. The number of hydrogen-bond donors (Lipinski definition) is 3. The Balaban J connectivity index is 1.24. The van der Waals surface area contributed by atoms with Gasteiger partial charge in [0.1, 0.15) is 0 Å². The zero-order valence-corrected chi connectivity index (χ0v) is 19.0. The van der Waals surface area contributed by atoms with Gasteiger partial charge in [0.2, 0.25) is 0 Å². The van der Waals surface area contributed by atoms with E-state index in [1.54, 1.807) is 12.4 Å². The van der Waals surface area contributed by atoms with Crippen LogP contribution in [0.15, 0.2) is 48.8 Å². The lowest BCUT2D eigenvalue weighted by molar-refractivity contribution is 0.0487. The Labute approximate surface area is 197 Å². The quantitative estimate of drug-likeness (QED) is 0.549. The second kappa shape index (κ2) is 9.51. The zero-order valence-electron chi connectivity index (χ0n) is 18.2. The maximum atomic E-state index is 13.1. The number of carbonyl (C=O) groups excluding carboxylic acids is 1. The average molecular weight is 467 g/mol. The molecule has 2 unspecified atom stereocenters. The number of halogens is 1. The number of rotatable bonds is 4. The highest BCUT2D eigenvalue weighted by atomic mass is 35.5. The molecule has 4 heterocycles. The Hall–Kier alpha value is -2.94. The van der Waals surface area contributed by atoms with Crippen LogP contribution in [0.2, 0.25) is 5.02 Å². The van der Waals surface area contributed by atoms with Crippen LogP contribution in [-0.4, -0.2) is 67.9 Å². The number of amides is 2. The SMILES string of the molecule is O=C(NC1CC(O)CN(Cc2ccccc2Cl)C1)N1CCc2[nH]nc(-c3ccncc3)c2C1. The number of nitrogens with one attached hydrogen (secondary N) is 2. The molecule has 9 heteroatoms. The molecule has 2 aliphatic heterocycles. The lowest BCUT2D eigenvalue weighted by atomic mass is 10.0. The van der Waals surface area contributed by atoms with Gasteiger partial charge in [0.05, 0.1) is 18.3 Å². The smallest absolute Gasteiger partial charge is 0.317 e. The van der Waals surface area contributed by atoms with Crippen molar-refractivity contribution in [2.75, 3.05) is 19.6 Å². The van der Waals surface area contributed by atoms with Crippen molar-refractivity contribution in [3.63, 3.8) is 0 Å². The zero-order chi connectivity index (χ0) is 22.8. The van der Waals surface area contributed by atoms with E-state index in [9.17, 15) is 9.90 Å². The summed E-state index contributed by atoms with van der Waals surface area (Å²) in [6.45, 7) is 2.99. The summed E-state index contributed by atoms with van der Waals surface area (Å²) < 4.78 is 0. The predicted octanol–water partition coefficient (Wildman–Crippen LogP) is 2.83. The lowest BCUT2D eigenvalue weighted by Crippen LogP contribution is -2.55. The number of aliphatic hydroxyl groups is 1. The number of urea groups is 1. The van der Waals surface area contributed by atoms with Gasteiger partial charge in [-0.3, -0.25) is 15.0 Å². The number of H-pyrrole nitrogens is 1. The number of hydrogen-bond acceptors (Lipinski definition) is 5. The second-order valence-electron chi connectivity index (χ2n) is 8.76. The molecule has 8 nitrogen and oxygen atoms in total. The number of fused-ring (bicyclic) bond motifs is 1. The average Bonchev–Trinajstić information content (AvgIpc) is 3.24. The first-order valence-corrected chi connectivity index (χ1v) is 11.6. The number of aromatic amines is 1. The molecule has 3 aromatic rings. The van der Waals surface area contributed by atoms with E-state index < -0.39 is 6.10 Å². The molecule has 2 aromatic heterocycles. The van der Waals surface area contributed by atoms with E-state index in [1.807, 2.05) is 41.3 Å². The van der Waals surface area contributed by atoms with Crippen molar-refractivity contribution < 1.29 is 9.90 Å². The fourth-order valence-corrected chi connectivity index (χ4v) is 4.94. The maximum absolute atomic E-state index is 13.1. The molecule has 0 bridgehead atoms. The maximum Gasteiger partial charge on any atom is 0.317 e. The molecule has 0 radical (unpaired) electrons. The number of piperidine rings is 1. The Morgan fingerprint density at radius 2 is 2.03 bits per heavy atom. The molecule has 2 amide bonds. The van der Waals surface area contributed by atoms with E-state index in [1.165, 1.54) is 0 Å². The van der Waals surface area contributed by atoms with Crippen molar-refractivity contribution in [3.05, 3.63) is 70.6 Å². The summed E-state index contributed by atoms with van der Waals surface area (Å²) >= 11 is 6.31. The van der Waals surface area contributed by atoms with Crippen LogP contribution in [0.3, 0.4) is 0 Å². The van der Waals surface area contributed by atoms with Crippen molar-refractivity contribution >= 4 is 17.6 Å². The first-order chi connectivity index (χ1) is 16.1. The highest BCUT2D eigenvalue weighted by Gasteiger charge is 2.31. The molecule has 1 saturated heterocycles. The number of aromatic nitrogens is 3. The fraction of sp³-hybridized carbons (Fsp3) is 0.375. The van der Waals surface area contributed by atoms with Crippen LogP contribution in [0.5, 0.6) is 0 Å². The summed E-state index contributed by atoms with van der Waals surface area (Å²) in [6.07, 6.45) is 4.26. The molecule has 1 aromatic carbocycles. The monoisotopic (exact) mass is 466 g/mol. The van der Waals surface area contributed by atoms with Gasteiger partial charge in [-0.2, -0.15) is 5.10 Å². The normalized spacial score (nSPS) is 21.0. The summed E-state index contributed by atoms with van der Waals surface area (Å²) in [4.78, 5) is 21.2. The fourth-order valence-electron chi connectivity index (χ4n) is 4.75. The molecule has 2 aliphatic rings. The van der Waals surface area contributed by atoms with E-state index in [4.69, 9.17) is 11.6 Å². The Kier molecular flexibility index (Phi) is 6.30. The third kappa shape index (κ3) is 4.88. The van der Waals surface area contributed by atoms with Crippen molar-refractivity contribution in [1.82, 2.24) is 30.3 Å². The minimum atomic E-state index is -0.494. The molecule has 5 rings (SSSR count). The Morgan fingerprint density at radius 3 is 2.85 bits per heavy atom. The standard InChI is InChI=1S/C24H27ClN6O2/c25-21-4-2-1-3-17(21)12-30-13-18(11-19(32)14-30)27-24(33)31-10-7-22-20(15-31)23(29-28-22)16-5-8-26-9-6-16/h1-6,8-9,18-19,32H,7,10-15H2,(H,27,33)(H,28,29). The van der Waals surface area contributed by atoms with Gasteiger partial charge >= 0.3 is 6.03 Å². The number of aliphatic hydroxyl groups excluding tert-OH is 1. The third-order valence-corrected chi connectivity index (χ3v) is 6.73. The van der Waals surface area contributed by atoms with E-state index in [0.717, 1.165) is 34.5 Å². The van der Waals surface area contributed by atoms with E-state index in [-0.39, 0.29) is 12.1 Å². The van der Waals surface area contributed by atoms with Crippen LogP contribution in [-0.2, 0) is 19.5 Å². The van der Waals surface area contributed by atoms with E-state index >= 15 is 0 Å². The number of nitrogens with zero attached hydrogens (tertiary/aromatic N) is 4. The summed E-state index contributed by atoms with van der Waals surface area (Å²) in [5.41, 5.74) is 4.99. The van der Waals surface area contributed by atoms with Gasteiger partial charge in [-0.15, -0.1) is 0 Å². The lowest BCUT2D eigenvalue weighted by Gasteiger charge is -2.37. The van der Waals surface area contributed by atoms with Gasteiger partial charge in [0, 0.05) is 72.9 Å². The highest BCUT2D eigenvalue weighted by molar-refractivity contribution is 6.31. The molecule has 0 spiro atoms. The summed E-state index contributed by atoms with van der Waals surface area (Å²) in [5.74, 6) is 0. The summed E-state index contributed by atoms with van der Waals surface area (Å²) in [7, 11) is 0.